The normalized spacial score (nSPS) is 18.2. The van der Waals surface area contributed by atoms with Gasteiger partial charge in [0.1, 0.15) is 10.6 Å². The molecule has 138 valence electrons. The van der Waals surface area contributed by atoms with Gasteiger partial charge in [-0.15, -0.1) is 11.3 Å². The molecular formula is C15H15ClN4O4S2. The minimum atomic E-state index is -3.77. The number of amides is 1. The third kappa shape index (κ3) is 3.13. The Morgan fingerprint density at radius 3 is 2.69 bits per heavy atom. The number of halogens is 1. The third-order valence-electron chi connectivity index (χ3n) is 4.21. The van der Waals surface area contributed by atoms with E-state index in [-0.39, 0.29) is 22.4 Å². The van der Waals surface area contributed by atoms with Gasteiger partial charge in [0.15, 0.2) is 11.7 Å². The number of carbonyl (C=O) groups is 1. The SMILES string of the molecule is O=C1COc2cc(S(=O)(=O)N3CCN(c4nccs4)CC3)c(Cl)cc2N1. The molecule has 0 bridgehead atoms. The summed E-state index contributed by atoms with van der Waals surface area (Å²) in [7, 11) is -3.77. The van der Waals surface area contributed by atoms with E-state index in [2.05, 4.69) is 15.2 Å². The first-order valence-electron chi connectivity index (χ1n) is 7.86. The van der Waals surface area contributed by atoms with E-state index in [1.165, 1.54) is 27.8 Å². The lowest BCUT2D eigenvalue weighted by atomic mass is 10.2. The molecule has 2 aliphatic rings. The molecule has 4 rings (SSSR count). The predicted octanol–water partition coefficient (Wildman–Crippen LogP) is 1.64. The lowest BCUT2D eigenvalue weighted by Gasteiger charge is -2.34. The van der Waals surface area contributed by atoms with Gasteiger partial charge in [0.2, 0.25) is 10.0 Å². The zero-order valence-corrected chi connectivity index (χ0v) is 15.9. The summed E-state index contributed by atoms with van der Waals surface area (Å²) in [5, 5.41) is 5.44. The number of rotatable bonds is 3. The molecule has 1 fully saturated rings. The largest absolute Gasteiger partial charge is 0.482 e. The number of thiazole rings is 1. The topological polar surface area (TPSA) is 91.8 Å². The zero-order chi connectivity index (χ0) is 18.3. The molecule has 0 saturated carbocycles. The van der Waals surface area contributed by atoms with Crippen LogP contribution in [0.1, 0.15) is 0 Å². The van der Waals surface area contributed by atoms with Crippen molar-refractivity contribution in [3.8, 4) is 5.75 Å². The van der Waals surface area contributed by atoms with Crippen LogP contribution in [-0.2, 0) is 14.8 Å². The maximum Gasteiger partial charge on any atom is 0.262 e. The van der Waals surface area contributed by atoms with Crippen molar-refractivity contribution < 1.29 is 17.9 Å². The number of hydrogen-bond donors (Lipinski definition) is 1. The highest BCUT2D eigenvalue weighted by Gasteiger charge is 2.32. The van der Waals surface area contributed by atoms with E-state index in [1.807, 2.05) is 5.38 Å². The highest BCUT2D eigenvalue weighted by atomic mass is 35.5. The van der Waals surface area contributed by atoms with Crippen LogP contribution in [0.3, 0.4) is 0 Å². The van der Waals surface area contributed by atoms with Crippen LogP contribution < -0.4 is 15.0 Å². The summed E-state index contributed by atoms with van der Waals surface area (Å²) >= 11 is 7.72. The number of piperazine rings is 1. The number of sulfonamides is 1. The second kappa shape index (κ2) is 6.69. The summed E-state index contributed by atoms with van der Waals surface area (Å²) in [6, 6.07) is 2.78. The van der Waals surface area contributed by atoms with Crippen LogP contribution in [0.15, 0.2) is 28.6 Å². The summed E-state index contributed by atoms with van der Waals surface area (Å²) in [4.78, 5) is 17.7. The first-order chi connectivity index (χ1) is 12.4. The Hall–Kier alpha value is -1.88. The van der Waals surface area contributed by atoms with Crippen LogP contribution >= 0.6 is 22.9 Å². The Morgan fingerprint density at radius 1 is 1.23 bits per heavy atom. The van der Waals surface area contributed by atoms with E-state index in [1.54, 1.807) is 6.20 Å². The van der Waals surface area contributed by atoms with Crippen molar-refractivity contribution in [2.45, 2.75) is 4.90 Å². The second-order valence-corrected chi connectivity index (χ2v) is 9.01. The Labute approximate surface area is 159 Å². The first kappa shape index (κ1) is 17.5. The standard InChI is InChI=1S/C15H15ClN4O4S2/c16-10-7-11-12(24-9-14(21)18-11)8-13(10)26(22,23)20-4-2-19(3-5-20)15-17-1-6-25-15/h1,6-8H,2-5,9H2,(H,18,21). The lowest BCUT2D eigenvalue weighted by Crippen LogP contribution is -2.48. The van der Waals surface area contributed by atoms with Crippen molar-refractivity contribution in [3.05, 3.63) is 28.7 Å². The van der Waals surface area contributed by atoms with Gasteiger partial charge in [-0.1, -0.05) is 11.6 Å². The van der Waals surface area contributed by atoms with Crippen LogP contribution in [0.5, 0.6) is 5.75 Å². The van der Waals surface area contributed by atoms with Crippen molar-refractivity contribution in [1.29, 1.82) is 0 Å². The summed E-state index contributed by atoms with van der Waals surface area (Å²) in [6.07, 6.45) is 1.73. The van der Waals surface area contributed by atoms with Gasteiger partial charge in [0.05, 0.1) is 10.7 Å². The molecule has 0 radical (unpaired) electrons. The van der Waals surface area contributed by atoms with Gasteiger partial charge in [-0.25, -0.2) is 13.4 Å². The Balaban J connectivity index is 1.57. The number of benzene rings is 1. The molecule has 1 N–H and O–H groups in total. The minimum absolute atomic E-state index is 0.0169. The fourth-order valence-electron chi connectivity index (χ4n) is 2.91. The van der Waals surface area contributed by atoms with Gasteiger partial charge in [-0.2, -0.15) is 4.31 Å². The minimum Gasteiger partial charge on any atom is -0.482 e. The van der Waals surface area contributed by atoms with Crippen molar-refractivity contribution in [3.63, 3.8) is 0 Å². The molecule has 11 heteroatoms. The second-order valence-electron chi connectivity index (χ2n) is 5.82. The van der Waals surface area contributed by atoms with Gasteiger partial charge < -0.3 is 15.0 Å². The third-order valence-corrected chi connectivity index (χ3v) is 7.41. The first-order valence-corrected chi connectivity index (χ1v) is 10.6. The molecule has 3 heterocycles. The Morgan fingerprint density at radius 2 is 2.00 bits per heavy atom. The molecule has 1 aromatic heterocycles. The average Bonchev–Trinajstić information content (AvgIpc) is 3.15. The molecule has 1 saturated heterocycles. The molecule has 8 nitrogen and oxygen atoms in total. The monoisotopic (exact) mass is 414 g/mol. The van der Waals surface area contributed by atoms with Gasteiger partial charge in [-0.3, -0.25) is 4.79 Å². The molecule has 2 aromatic rings. The summed E-state index contributed by atoms with van der Waals surface area (Å²) in [5.41, 5.74) is 0.374. The fourth-order valence-corrected chi connectivity index (χ4v) is 5.55. The molecule has 26 heavy (non-hydrogen) atoms. The van der Waals surface area contributed by atoms with Crippen molar-refractivity contribution in [2.24, 2.45) is 0 Å². The van der Waals surface area contributed by atoms with Gasteiger partial charge in [0, 0.05) is 43.8 Å². The molecular weight excluding hydrogens is 400 g/mol. The number of anilines is 2. The maximum absolute atomic E-state index is 13.0. The number of hydrogen-bond acceptors (Lipinski definition) is 7. The zero-order valence-electron chi connectivity index (χ0n) is 13.5. The molecule has 1 aromatic carbocycles. The molecule has 0 aliphatic carbocycles. The molecule has 2 aliphatic heterocycles. The number of aromatic nitrogens is 1. The number of ether oxygens (including phenoxy) is 1. The van der Waals surface area contributed by atoms with E-state index in [0.717, 1.165) is 5.13 Å². The lowest BCUT2D eigenvalue weighted by molar-refractivity contribution is -0.118. The van der Waals surface area contributed by atoms with E-state index < -0.39 is 10.0 Å². The Kier molecular flexibility index (Phi) is 4.51. The summed E-state index contributed by atoms with van der Waals surface area (Å²) in [5.74, 6) is -0.00326. The van der Waals surface area contributed by atoms with Gasteiger partial charge in [-0.05, 0) is 6.07 Å². The van der Waals surface area contributed by atoms with Gasteiger partial charge in [0.25, 0.3) is 5.91 Å². The molecule has 0 spiro atoms. The average molecular weight is 415 g/mol. The van der Waals surface area contributed by atoms with Crippen LogP contribution in [0.2, 0.25) is 5.02 Å². The van der Waals surface area contributed by atoms with E-state index in [9.17, 15) is 13.2 Å². The van der Waals surface area contributed by atoms with Crippen LogP contribution in [0, 0.1) is 0 Å². The van der Waals surface area contributed by atoms with Gasteiger partial charge >= 0.3 is 0 Å². The Bertz CT molecular complexity index is 941. The number of nitrogens with one attached hydrogen (secondary N) is 1. The smallest absolute Gasteiger partial charge is 0.262 e. The summed E-state index contributed by atoms with van der Waals surface area (Å²) in [6.45, 7) is 1.64. The number of fused-ring (bicyclic) bond motifs is 1. The van der Waals surface area contributed by atoms with Crippen LogP contribution in [-0.4, -0.2) is 56.4 Å². The van der Waals surface area contributed by atoms with Crippen LogP contribution in [0.25, 0.3) is 0 Å². The molecule has 1 amide bonds. The molecule has 0 unspecified atom stereocenters. The quantitative estimate of drug-likeness (QED) is 0.820. The van der Waals surface area contributed by atoms with E-state index >= 15 is 0 Å². The highest BCUT2D eigenvalue weighted by Crippen LogP contribution is 2.37. The maximum atomic E-state index is 13.0. The molecule has 0 atom stereocenters. The fraction of sp³-hybridized carbons (Fsp3) is 0.333. The number of nitrogens with zero attached hydrogens (tertiary/aromatic N) is 3. The number of carbonyl (C=O) groups excluding carboxylic acids is 1. The van der Waals surface area contributed by atoms with Crippen LogP contribution in [0.4, 0.5) is 10.8 Å². The highest BCUT2D eigenvalue weighted by molar-refractivity contribution is 7.89. The summed E-state index contributed by atoms with van der Waals surface area (Å²) < 4.78 is 32.8. The van der Waals surface area contributed by atoms with Crippen molar-refractivity contribution >= 4 is 49.7 Å². The van der Waals surface area contributed by atoms with Crippen molar-refractivity contribution in [1.82, 2.24) is 9.29 Å². The van der Waals surface area contributed by atoms with E-state index in [4.69, 9.17) is 16.3 Å². The van der Waals surface area contributed by atoms with E-state index in [0.29, 0.717) is 37.6 Å². The predicted molar refractivity (Wildman–Crippen MR) is 98.7 cm³/mol. The van der Waals surface area contributed by atoms with Crippen molar-refractivity contribution in [2.75, 3.05) is 43.0 Å².